The van der Waals surface area contributed by atoms with Crippen LogP contribution in [0.1, 0.15) is 47.5 Å². The maximum Gasteiger partial charge on any atom is -1.00 e. The van der Waals surface area contributed by atoms with Crippen LogP contribution in [0, 0.1) is 0 Å². The van der Waals surface area contributed by atoms with Crippen LogP contribution >= 0.6 is 0 Å². The summed E-state index contributed by atoms with van der Waals surface area (Å²) in [4.78, 5) is 0. The summed E-state index contributed by atoms with van der Waals surface area (Å²) in [5.41, 5.74) is 6.65. The first kappa shape index (κ1) is 20.4. The van der Waals surface area contributed by atoms with Gasteiger partial charge in [-0.15, -0.1) is 0 Å². The van der Waals surface area contributed by atoms with Gasteiger partial charge < -0.3 is 24.8 Å². The van der Waals surface area contributed by atoms with Crippen LogP contribution in [-0.2, 0) is 22.9 Å². The molecule has 0 bridgehead atoms. The molecule has 0 aromatic rings. The molecule has 0 aromatic carbocycles. The third kappa shape index (κ3) is 3.59. The van der Waals surface area contributed by atoms with E-state index in [0.29, 0.717) is 3.17 Å². The zero-order valence-electron chi connectivity index (χ0n) is 13.1. The zero-order valence-corrected chi connectivity index (χ0v) is 18.2. The van der Waals surface area contributed by atoms with E-state index >= 15 is 0 Å². The molecular formula is C17H24Cl2Hf. The van der Waals surface area contributed by atoms with Crippen LogP contribution in [0.2, 0.25) is 6.85 Å². The van der Waals surface area contributed by atoms with Crippen molar-refractivity contribution in [1.29, 1.82) is 0 Å². The second-order valence-electron chi connectivity index (χ2n) is 5.67. The predicted octanol–water partition coefficient (Wildman–Crippen LogP) is -0.363. The van der Waals surface area contributed by atoms with Crippen molar-refractivity contribution in [3.8, 4) is 0 Å². The molecular weight excluding hydrogens is 454 g/mol. The van der Waals surface area contributed by atoms with Crippen molar-refractivity contribution in [2.24, 2.45) is 0 Å². The first-order valence-corrected chi connectivity index (χ1v) is 10.9. The molecule has 0 radical (unpaired) electrons. The van der Waals surface area contributed by atoms with E-state index in [2.05, 4.69) is 58.9 Å². The largest absolute Gasteiger partial charge is 1.00 e. The molecule has 0 aromatic heterocycles. The van der Waals surface area contributed by atoms with Gasteiger partial charge in [-0.1, -0.05) is 0 Å². The van der Waals surface area contributed by atoms with Crippen molar-refractivity contribution in [3.05, 3.63) is 46.6 Å². The Morgan fingerprint density at radius 1 is 1.05 bits per heavy atom. The summed E-state index contributed by atoms with van der Waals surface area (Å²) in [7, 11) is 0. The summed E-state index contributed by atoms with van der Waals surface area (Å²) in [5.74, 6) is 0. The average molecular weight is 478 g/mol. The van der Waals surface area contributed by atoms with E-state index in [0.717, 1.165) is 3.67 Å². The fourth-order valence-electron chi connectivity index (χ4n) is 3.23. The van der Waals surface area contributed by atoms with Crippen LogP contribution < -0.4 is 24.8 Å². The van der Waals surface area contributed by atoms with Gasteiger partial charge in [0.15, 0.2) is 0 Å². The Morgan fingerprint density at radius 3 is 2.10 bits per heavy atom. The van der Waals surface area contributed by atoms with Crippen LogP contribution in [0.15, 0.2) is 46.6 Å². The molecule has 20 heavy (non-hydrogen) atoms. The van der Waals surface area contributed by atoms with Crippen molar-refractivity contribution < 1.29 is 47.7 Å². The first-order chi connectivity index (χ1) is 8.50. The van der Waals surface area contributed by atoms with Gasteiger partial charge in [-0.05, 0) is 0 Å². The number of hydrogen-bond donors (Lipinski definition) is 0. The van der Waals surface area contributed by atoms with E-state index in [1.54, 1.807) is 22.3 Å². The monoisotopic (exact) mass is 478 g/mol. The van der Waals surface area contributed by atoms with Gasteiger partial charge in [0.25, 0.3) is 0 Å². The Hall–Kier alpha value is 0.410. The maximum absolute atomic E-state index is 2.54. The van der Waals surface area contributed by atoms with Crippen molar-refractivity contribution in [3.63, 3.8) is 0 Å². The molecule has 0 spiro atoms. The zero-order chi connectivity index (χ0) is 13.3. The topological polar surface area (TPSA) is 0 Å². The quantitative estimate of drug-likeness (QED) is 0.485. The average Bonchev–Trinajstić information content (AvgIpc) is 2.89. The molecule has 0 amide bonds. The first-order valence-electron chi connectivity index (χ1n) is 7.02. The normalized spacial score (nSPS) is 24.9. The SMILES string of the molecule is CCCC1=C(C)C(C)=C(C)[C]1(C)[Hf+2][CH]1C=CC=C1.[Cl-].[Cl-]. The molecule has 0 fully saturated rings. The molecule has 2 rings (SSSR count). The van der Waals surface area contributed by atoms with Crippen LogP contribution in [0.4, 0.5) is 0 Å². The summed E-state index contributed by atoms with van der Waals surface area (Å²) in [6.07, 6.45) is 11.9. The van der Waals surface area contributed by atoms with Gasteiger partial charge >= 0.3 is 124 Å². The summed E-state index contributed by atoms with van der Waals surface area (Å²) in [5, 5.41) is 0. The van der Waals surface area contributed by atoms with Crippen molar-refractivity contribution >= 4 is 0 Å². The summed E-state index contributed by atoms with van der Waals surface area (Å²) >= 11 is -0.773. The fraction of sp³-hybridized carbons (Fsp3) is 0.529. The van der Waals surface area contributed by atoms with Crippen LogP contribution in [0.5, 0.6) is 0 Å². The minimum Gasteiger partial charge on any atom is -1.00 e. The van der Waals surface area contributed by atoms with Crippen molar-refractivity contribution in [1.82, 2.24) is 0 Å². The van der Waals surface area contributed by atoms with E-state index in [-0.39, 0.29) is 24.8 Å². The summed E-state index contributed by atoms with van der Waals surface area (Å²) in [6, 6.07) is 0. The molecule has 1 atom stereocenters. The van der Waals surface area contributed by atoms with Crippen LogP contribution in [0.3, 0.4) is 0 Å². The Balaban J connectivity index is 0.00000180. The molecule has 1 unspecified atom stereocenters. The second-order valence-corrected chi connectivity index (χ2v) is 12.7. The Kier molecular flexibility index (Phi) is 8.32. The molecule has 110 valence electrons. The van der Waals surface area contributed by atoms with E-state index in [4.69, 9.17) is 0 Å². The molecule has 0 nitrogen and oxygen atoms in total. The summed E-state index contributed by atoms with van der Waals surface area (Å²) in [6.45, 7) is 11.9. The van der Waals surface area contributed by atoms with E-state index in [9.17, 15) is 0 Å². The summed E-state index contributed by atoms with van der Waals surface area (Å²) < 4.78 is 1.30. The Labute approximate surface area is 148 Å². The van der Waals surface area contributed by atoms with E-state index in [1.165, 1.54) is 12.8 Å². The molecule has 0 aliphatic heterocycles. The minimum absolute atomic E-state index is 0. The molecule has 3 heteroatoms. The van der Waals surface area contributed by atoms with Gasteiger partial charge in [0.2, 0.25) is 0 Å². The predicted molar refractivity (Wildman–Crippen MR) is 76.4 cm³/mol. The number of hydrogen-bond acceptors (Lipinski definition) is 0. The number of rotatable bonds is 4. The van der Waals surface area contributed by atoms with Crippen LogP contribution in [-0.4, -0.2) is 0 Å². The van der Waals surface area contributed by atoms with Gasteiger partial charge in [-0.2, -0.15) is 0 Å². The molecule has 0 N–H and O–H groups in total. The number of halogens is 2. The second kappa shape index (κ2) is 8.15. The standard InChI is InChI=1S/C12H19.C5H5.2ClH.Hf/c1-6-7-12-10(4)8(2)9(3)11(12)5;1-2-4-5-3-1;;;/h6-7H2,1-5H3;1-5H;2*1H;/q;;;;+2/p-2. The Morgan fingerprint density at radius 2 is 1.60 bits per heavy atom. The molecule has 0 saturated heterocycles. The van der Waals surface area contributed by atoms with Crippen molar-refractivity contribution in [2.75, 3.05) is 0 Å². The van der Waals surface area contributed by atoms with Gasteiger partial charge in [-0.3, -0.25) is 0 Å². The van der Waals surface area contributed by atoms with Gasteiger partial charge in [0.1, 0.15) is 0 Å². The third-order valence-electron chi connectivity index (χ3n) is 4.63. The van der Waals surface area contributed by atoms with E-state index < -0.39 is 22.9 Å². The number of allylic oxidation sites excluding steroid dienone is 8. The molecule has 0 heterocycles. The van der Waals surface area contributed by atoms with E-state index in [1.807, 2.05) is 0 Å². The molecule has 2 aliphatic rings. The van der Waals surface area contributed by atoms with Gasteiger partial charge in [-0.25, -0.2) is 0 Å². The third-order valence-corrected chi connectivity index (χ3v) is 11.7. The van der Waals surface area contributed by atoms with Crippen molar-refractivity contribution in [2.45, 2.75) is 54.3 Å². The fourth-order valence-corrected chi connectivity index (χ4v) is 10.3. The van der Waals surface area contributed by atoms with Gasteiger partial charge in [0, 0.05) is 0 Å². The van der Waals surface area contributed by atoms with Crippen LogP contribution in [0.25, 0.3) is 0 Å². The minimum atomic E-state index is -0.773. The maximum atomic E-state index is 2.54. The van der Waals surface area contributed by atoms with Gasteiger partial charge in [0.05, 0.1) is 0 Å². The Bertz CT molecular complexity index is 459. The molecule has 0 saturated carbocycles. The molecule has 2 aliphatic carbocycles. The smallest absolute Gasteiger partial charge is 1.00 e.